The molecule has 0 saturated carbocycles. The van der Waals surface area contributed by atoms with Crippen LogP contribution in [0.3, 0.4) is 0 Å². The van der Waals surface area contributed by atoms with Crippen molar-refractivity contribution in [2.24, 2.45) is 5.92 Å². The van der Waals surface area contributed by atoms with Crippen LogP contribution < -0.4 is 5.32 Å². The average molecular weight is 286 g/mol. The van der Waals surface area contributed by atoms with E-state index < -0.39 is 6.10 Å². The Morgan fingerprint density at radius 3 is 2.68 bits per heavy atom. The number of hydrogen-bond acceptors (Lipinski definition) is 3. The molecule has 0 spiro atoms. The molecule has 1 rings (SSSR count). The number of aryl methyl sites for hydroxylation is 1. The Morgan fingerprint density at radius 2 is 2.05 bits per heavy atom. The van der Waals surface area contributed by atoms with E-state index in [0.717, 1.165) is 22.7 Å². The maximum atomic E-state index is 9.73. The van der Waals surface area contributed by atoms with Crippen molar-refractivity contribution < 1.29 is 9.84 Å². The second-order valence-corrected chi connectivity index (χ2v) is 5.71. The summed E-state index contributed by atoms with van der Waals surface area (Å²) in [6.45, 7) is 8.48. The zero-order valence-electron chi connectivity index (χ0n) is 11.9. The van der Waals surface area contributed by atoms with Crippen LogP contribution in [0.5, 0.6) is 0 Å². The summed E-state index contributed by atoms with van der Waals surface area (Å²) in [6, 6.07) is 5.94. The molecular weight excluding hydrogens is 262 g/mol. The van der Waals surface area contributed by atoms with Crippen molar-refractivity contribution in [3.05, 3.63) is 34.3 Å². The van der Waals surface area contributed by atoms with E-state index >= 15 is 0 Å². The number of rotatable bonds is 8. The molecule has 1 aromatic carbocycles. The lowest BCUT2D eigenvalue weighted by Crippen LogP contribution is -2.30. The number of nitrogens with one attached hydrogen (secondary N) is 1. The molecule has 3 nitrogen and oxygen atoms in total. The third-order valence-corrected chi connectivity index (χ3v) is 3.12. The molecule has 19 heavy (non-hydrogen) atoms. The number of aliphatic hydroxyl groups is 1. The lowest BCUT2D eigenvalue weighted by molar-refractivity contribution is 0.0260. The molecule has 2 N–H and O–H groups in total. The van der Waals surface area contributed by atoms with Gasteiger partial charge in [0.2, 0.25) is 0 Å². The highest BCUT2D eigenvalue weighted by atomic mass is 35.5. The van der Waals surface area contributed by atoms with E-state index in [0.29, 0.717) is 25.7 Å². The van der Waals surface area contributed by atoms with E-state index in [2.05, 4.69) is 25.2 Å². The van der Waals surface area contributed by atoms with Crippen LogP contribution in [-0.4, -0.2) is 31.0 Å². The van der Waals surface area contributed by atoms with E-state index in [1.165, 1.54) is 0 Å². The van der Waals surface area contributed by atoms with Crippen LogP contribution in [0.15, 0.2) is 18.2 Å². The van der Waals surface area contributed by atoms with Gasteiger partial charge in [-0.05, 0) is 30.0 Å². The lowest BCUT2D eigenvalue weighted by Gasteiger charge is -2.13. The predicted octanol–water partition coefficient (Wildman–Crippen LogP) is 2.77. The number of halogens is 1. The van der Waals surface area contributed by atoms with Crippen molar-refractivity contribution in [2.45, 2.75) is 33.4 Å². The van der Waals surface area contributed by atoms with E-state index in [4.69, 9.17) is 16.3 Å². The van der Waals surface area contributed by atoms with Crippen LogP contribution in [0.25, 0.3) is 0 Å². The van der Waals surface area contributed by atoms with Gasteiger partial charge >= 0.3 is 0 Å². The summed E-state index contributed by atoms with van der Waals surface area (Å²) in [4.78, 5) is 0. The third-order valence-electron chi connectivity index (χ3n) is 2.69. The minimum atomic E-state index is -0.466. The molecule has 108 valence electrons. The van der Waals surface area contributed by atoms with Gasteiger partial charge in [0.05, 0.1) is 12.7 Å². The molecule has 0 radical (unpaired) electrons. The first-order chi connectivity index (χ1) is 8.99. The summed E-state index contributed by atoms with van der Waals surface area (Å²) >= 11 is 5.97. The van der Waals surface area contributed by atoms with Crippen molar-refractivity contribution in [3.8, 4) is 0 Å². The number of aliphatic hydroxyl groups excluding tert-OH is 1. The molecule has 0 aliphatic carbocycles. The standard InChI is InChI=1S/C15H24ClNO2/c1-11(2)9-19-10-14(18)8-17-7-13-4-5-15(16)12(3)6-13/h4-6,11,14,17-18H,7-10H2,1-3H3. The molecule has 0 aromatic heterocycles. The van der Waals surface area contributed by atoms with Gasteiger partial charge in [-0.25, -0.2) is 0 Å². The molecule has 4 heteroatoms. The van der Waals surface area contributed by atoms with Gasteiger partial charge in [-0.1, -0.05) is 37.6 Å². The van der Waals surface area contributed by atoms with Crippen molar-refractivity contribution in [2.75, 3.05) is 19.8 Å². The predicted molar refractivity (Wildman–Crippen MR) is 79.6 cm³/mol. The van der Waals surface area contributed by atoms with E-state index in [9.17, 15) is 5.11 Å². The van der Waals surface area contributed by atoms with Crippen molar-refractivity contribution in [1.29, 1.82) is 0 Å². The summed E-state index contributed by atoms with van der Waals surface area (Å²) in [5.74, 6) is 0.497. The van der Waals surface area contributed by atoms with Gasteiger partial charge in [-0.15, -0.1) is 0 Å². The van der Waals surface area contributed by atoms with Crippen LogP contribution in [0.1, 0.15) is 25.0 Å². The average Bonchev–Trinajstić information content (AvgIpc) is 2.33. The van der Waals surface area contributed by atoms with Gasteiger partial charge in [-0.3, -0.25) is 0 Å². The highest BCUT2D eigenvalue weighted by molar-refractivity contribution is 6.31. The zero-order valence-corrected chi connectivity index (χ0v) is 12.7. The van der Waals surface area contributed by atoms with Gasteiger partial charge in [0.25, 0.3) is 0 Å². The number of ether oxygens (including phenoxy) is 1. The Hall–Kier alpha value is -0.610. The largest absolute Gasteiger partial charge is 0.389 e. The molecule has 0 saturated heterocycles. The van der Waals surface area contributed by atoms with Gasteiger partial charge in [-0.2, -0.15) is 0 Å². The van der Waals surface area contributed by atoms with Crippen LogP contribution in [0.4, 0.5) is 0 Å². The minimum absolute atomic E-state index is 0.380. The summed E-state index contributed by atoms with van der Waals surface area (Å²) in [5, 5.41) is 13.7. The molecule has 1 atom stereocenters. The monoisotopic (exact) mass is 285 g/mol. The highest BCUT2D eigenvalue weighted by Gasteiger charge is 2.05. The quantitative estimate of drug-likeness (QED) is 0.772. The molecule has 0 fully saturated rings. The molecular formula is C15H24ClNO2. The fourth-order valence-electron chi connectivity index (χ4n) is 1.70. The smallest absolute Gasteiger partial charge is 0.0897 e. The molecule has 0 bridgehead atoms. The third kappa shape index (κ3) is 6.92. The maximum absolute atomic E-state index is 9.73. The molecule has 0 amide bonds. The second-order valence-electron chi connectivity index (χ2n) is 5.30. The van der Waals surface area contributed by atoms with E-state index in [1.807, 2.05) is 19.1 Å². The molecule has 1 aromatic rings. The Morgan fingerprint density at radius 1 is 1.32 bits per heavy atom. The fraction of sp³-hybridized carbons (Fsp3) is 0.600. The van der Waals surface area contributed by atoms with Crippen LogP contribution in [0.2, 0.25) is 5.02 Å². The van der Waals surface area contributed by atoms with Crippen molar-refractivity contribution >= 4 is 11.6 Å². The SMILES string of the molecule is Cc1cc(CNCC(O)COCC(C)C)ccc1Cl. The Kier molecular flexibility index (Phi) is 7.39. The van der Waals surface area contributed by atoms with Gasteiger partial charge in [0.15, 0.2) is 0 Å². The first-order valence-corrected chi connectivity index (χ1v) is 7.08. The lowest BCUT2D eigenvalue weighted by atomic mass is 10.1. The normalized spacial score (nSPS) is 12.9. The zero-order chi connectivity index (χ0) is 14.3. The molecule has 0 heterocycles. The summed E-state index contributed by atoms with van der Waals surface area (Å²) < 4.78 is 5.39. The van der Waals surface area contributed by atoms with E-state index in [-0.39, 0.29) is 0 Å². The fourth-order valence-corrected chi connectivity index (χ4v) is 1.82. The van der Waals surface area contributed by atoms with Crippen LogP contribution >= 0.6 is 11.6 Å². The Labute approximate surface area is 120 Å². The Balaban J connectivity index is 2.20. The molecule has 0 aliphatic rings. The maximum Gasteiger partial charge on any atom is 0.0897 e. The van der Waals surface area contributed by atoms with Gasteiger partial charge < -0.3 is 15.2 Å². The number of hydrogen-bond donors (Lipinski definition) is 2. The van der Waals surface area contributed by atoms with Crippen LogP contribution in [-0.2, 0) is 11.3 Å². The first kappa shape index (κ1) is 16.4. The minimum Gasteiger partial charge on any atom is -0.389 e. The van der Waals surface area contributed by atoms with Crippen molar-refractivity contribution in [3.63, 3.8) is 0 Å². The topological polar surface area (TPSA) is 41.5 Å². The molecule has 0 aliphatic heterocycles. The summed E-state index contributed by atoms with van der Waals surface area (Å²) in [7, 11) is 0. The summed E-state index contributed by atoms with van der Waals surface area (Å²) in [5.41, 5.74) is 2.24. The van der Waals surface area contributed by atoms with E-state index in [1.54, 1.807) is 0 Å². The van der Waals surface area contributed by atoms with Crippen LogP contribution in [0, 0.1) is 12.8 Å². The van der Waals surface area contributed by atoms with Gasteiger partial charge in [0.1, 0.15) is 0 Å². The highest BCUT2D eigenvalue weighted by Crippen LogP contribution is 2.15. The van der Waals surface area contributed by atoms with Gasteiger partial charge in [0, 0.05) is 24.7 Å². The number of benzene rings is 1. The Bertz CT molecular complexity index is 382. The molecule has 1 unspecified atom stereocenters. The second kappa shape index (κ2) is 8.54. The first-order valence-electron chi connectivity index (χ1n) is 6.70. The van der Waals surface area contributed by atoms with Crippen molar-refractivity contribution in [1.82, 2.24) is 5.32 Å². The summed E-state index contributed by atoms with van der Waals surface area (Å²) in [6.07, 6.45) is -0.466.